The fourth-order valence-corrected chi connectivity index (χ4v) is 15.2. The minimum absolute atomic E-state index is 0.245. The number of hydrogen-bond acceptors (Lipinski definition) is 2. The van der Waals surface area contributed by atoms with Crippen LogP contribution in [-0.2, 0) is 5.41 Å². The predicted octanol–water partition coefficient (Wildman–Crippen LogP) is 21.3. The Morgan fingerprint density at radius 3 is 1.17 bits per heavy atom. The monoisotopic (exact) mass is 1130 g/mol. The molecule has 0 aliphatic heterocycles. The summed E-state index contributed by atoms with van der Waals surface area (Å²) in [6.45, 7) is 4.74. The Morgan fingerprint density at radius 1 is 0.270 bits per heavy atom. The van der Waals surface area contributed by atoms with Crippen LogP contribution >= 0.6 is 0 Å². The molecule has 6 nitrogen and oxygen atoms in total. The summed E-state index contributed by atoms with van der Waals surface area (Å²) in [4.78, 5) is 11.5. The normalized spacial score (nSPS) is 12.9. The molecule has 0 spiro atoms. The molecule has 13 aromatic carbocycles. The van der Waals surface area contributed by atoms with Crippen LogP contribution in [0.5, 0.6) is 0 Å². The van der Waals surface area contributed by atoms with Crippen molar-refractivity contribution in [2.75, 3.05) is 0 Å². The largest absolute Gasteiger partial charge is 0.309 e. The highest BCUT2D eigenvalue weighted by Gasteiger charge is 2.37. The third-order valence-corrected chi connectivity index (χ3v) is 19.4. The first-order valence-corrected chi connectivity index (χ1v) is 30.7. The summed E-state index contributed by atoms with van der Waals surface area (Å²) in [7, 11) is 0. The second-order valence-electron chi connectivity index (χ2n) is 24.5. The van der Waals surface area contributed by atoms with Gasteiger partial charge in [-0.15, -0.1) is 0 Å². The minimum atomic E-state index is -0.245. The number of hydrogen-bond donors (Lipinski definition) is 0. The molecule has 0 radical (unpaired) electrons. The highest BCUT2D eigenvalue weighted by Crippen LogP contribution is 2.52. The van der Waals surface area contributed by atoms with Gasteiger partial charge >= 0.3 is 0 Å². The summed E-state index contributed by atoms with van der Waals surface area (Å²) in [5.41, 5.74) is 22.8. The molecule has 1 aliphatic carbocycles. The lowest BCUT2D eigenvalue weighted by molar-refractivity contribution is 0.661. The van der Waals surface area contributed by atoms with E-state index in [2.05, 4.69) is 323 Å². The summed E-state index contributed by atoms with van der Waals surface area (Å²) in [6.07, 6.45) is 0. The average Bonchev–Trinajstić information content (AvgIpc) is 1.72. The molecule has 0 bridgehead atoms. The lowest BCUT2D eigenvalue weighted by Gasteiger charge is -2.22. The number of rotatable bonds is 7. The van der Waals surface area contributed by atoms with Crippen LogP contribution in [-0.4, -0.2) is 28.2 Å². The van der Waals surface area contributed by atoms with Crippen molar-refractivity contribution in [3.8, 4) is 67.8 Å². The van der Waals surface area contributed by atoms with Crippen molar-refractivity contribution >= 4 is 98.0 Å². The van der Waals surface area contributed by atoms with Gasteiger partial charge in [0, 0.05) is 71.5 Å². The van der Waals surface area contributed by atoms with Gasteiger partial charge in [-0.1, -0.05) is 196 Å². The molecule has 18 aromatic rings. The Bertz CT molecular complexity index is 5720. The van der Waals surface area contributed by atoms with Crippen LogP contribution in [0, 0.1) is 0 Å². The highest BCUT2D eigenvalue weighted by molar-refractivity contribution is 6.15. The predicted molar refractivity (Wildman–Crippen MR) is 371 cm³/mol. The summed E-state index contributed by atoms with van der Waals surface area (Å²) in [6, 6.07) is 107. The van der Waals surface area contributed by atoms with E-state index in [1.165, 1.54) is 82.2 Å². The maximum atomic E-state index is 5.76. The van der Waals surface area contributed by atoms with Crippen molar-refractivity contribution in [1.29, 1.82) is 0 Å². The van der Waals surface area contributed by atoms with Crippen molar-refractivity contribution < 1.29 is 0 Å². The van der Waals surface area contributed by atoms with E-state index in [4.69, 9.17) is 9.97 Å². The van der Waals surface area contributed by atoms with Crippen LogP contribution in [0.25, 0.3) is 166 Å². The zero-order chi connectivity index (χ0) is 58.6. The number of benzene rings is 13. The van der Waals surface area contributed by atoms with Crippen molar-refractivity contribution in [3.63, 3.8) is 0 Å². The number of nitrogens with zero attached hydrogens (tertiary/aromatic N) is 6. The lowest BCUT2D eigenvalue weighted by Crippen LogP contribution is -2.15. The summed E-state index contributed by atoms with van der Waals surface area (Å²) < 4.78 is 9.40. The van der Waals surface area contributed by atoms with Crippen molar-refractivity contribution in [1.82, 2.24) is 28.2 Å². The van der Waals surface area contributed by atoms with Crippen LogP contribution in [0.1, 0.15) is 25.0 Å². The van der Waals surface area contributed by atoms with Gasteiger partial charge in [0.2, 0.25) is 5.95 Å². The van der Waals surface area contributed by atoms with Gasteiger partial charge < -0.3 is 9.13 Å². The smallest absolute Gasteiger partial charge is 0.237 e. The summed E-state index contributed by atoms with van der Waals surface area (Å²) >= 11 is 0. The molecule has 0 N–H and O–H groups in total. The molecule has 0 saturated carbocycles. The van der Waals surface area contributed by atoms with E-state index >= 15 is 0 Å². The van der Waals surface area contributed by atoms with Gasteiger partial charge in [0.1, 0.15) is 5.82 Å². The first-order valence-electron chi connectivity index (χ1n) is 30.7. The molecule has 0 saturated heterocycles. The van der Waals surface area contributed by atoms with Gasteiger partial charge in [-0.05, 0) is 158 Å². The molecule has 6 heteroatoms. The number of fused-ring (bicyclic) bond motifs is 17. The zero-order valence-electron chi connectivity index (χ0n) is 48.9. The van der Waals surface area contributed by atoms with Crippen LogP contribution in [0.3, 0.4) is 0 Å². The van der Waals surface area contributed by atoms with E-state index in [0.29, 0.717) is 5.95 Å². The molecule has 0 fully saturated rings. The highest BCUT2D eigenvalue weighted by atomic mass is 15.2. The third kappa shape index (κ3) is 7.26. The van der Waals surface area contributed by atoms with Gasteiger partial charge in [0.25, 0.3) is 0 Å². The van der Waals surface area contributed by atoms with E-state index in [0.717, 1.165) is 88.8 Å². The minimum Gasteiger partial charge on any atom is -0.309 e. The maximum absolute atomic E-state index is 5.76. The molecule has 416 valence electrons. The molecule has 0 atom stereocenters. The van der Waals surface area contributed by atoms with Gasteiger partial charge in [-0.25, -0.2) is 4.98 Å². The summed E-state index contributed by atoms with van der Waals surface area (Å²) in [5.74, 6) is 1.39. The Hall–Kier alpha value is -11.6. The summed E-state index contributed by atoms with van der Waals surface area (Å²) in [5, 5.41) is 12.0. The standard InChI is InChI=1S/C83H54N6/c1-83(2)69-40-34-51-19-9-10-24-59(51)81(69)64-39-33-56(49-70(64)83)71-50-80(88-74-31-17-13-27-62(74)67-47-54(37-43-78(67)88)52-35-41-76-65(45-52)60-25-11-15-29-72(60)86(76)57-20-5-3-6-21-57)85-82(84-71)89-75-32-18-14-28-63(75)68-48-55(38-44-79(68)89)53-36-42-77-66(46-53)61-26-12-16-30-73(61)87(77)58-22-7-4-8-23-58/h3-50H,1-2H3. The molecule has 0 amide bonds. The van der Waals surface area contributed by atoms with E-state index < -0.39 is 0 Å². The molecular formula is C83H54N6. The molecule has 0 unspecified atom stereocenters. The third-order valence-electron chi connectivity index (χ3n) is 19.4. The quantitative estimate of drug-likeness (QED) is 0.160. The first-order chi connectivity index (χ1) is 43.9. The Balaban J connectivity index is 0.806. The molecule has 19 rings (SSSR count). The van der Waals surface area contributed by atoms with Gasteiger partial charge in [-0.2, -0.15) is 4.98 Å². The topological polar surface area (TPSA) is 45.5 Å². The second kappa shape index (κ2) is 18.7. The van der Waals surface area contributed by atoms with Crippen molar-refractivity contribution in [2.45, 2.75) is 19.3 Å². The Labute approximate surface area is 512 Å². The fourth-order valence-electron chi connectivity index (χ4n) is 15.2. The van der Waals surface area contributed by atoms with Gasteiger partial charge in [0.15, 0.2) is 0 Å². The van der Waals surface area contributed by atoms with Gasteiger partial charge in [-0.3, -0.25) is 9.13 Å². The Morgan fingerprint density at radius 2 is 0.663 bits per heavy atom. The van der Waals surface area contributed by atoms with Crippen molar-refractivity contribution in [3.05, 3.63) is 302 Å². The zero-order valence-corrected chi connectivity index (χ0v) is 48.9. The number of aromatic nitrogens is 6. The van der Waals surface area contributed by atoms with Crippen LogP contribution in [0.4, 0.5) is 0 Å². The van der Waals surface area contributed by atoms with E-state index in [-0.39, 0.29) is 5.41 Å². The SMILES string of the molecule is CC1(C)c2cc(-c3cc(-n4c5ccccc5c5cc(-c6ccc7c(c6)c6ccccc6n7-c6ccccc6)ccc54)nc(-n4c5ccccc5c5cc(-c6ccc7c(c6)c6ccccc6n7-c6ccccc6)ccc54)n3)ccc2-c2c1ccc1ccccc21. The van der Waals surface area contributed by atoms with E-state index in [1.54, 1.807) is 0 Å². The molecule has 5 aromatic heterocycles. The molecule has 89 heavy (non-hydrogen) atoms. The first kappa shape index (κ1) is 49.6. The molecule has 1 aliphatic rings. The van der Waals surface area contributed by atoms with E-state index in [9.17, 15) is 0 Å². The van der Waals surface area contributed by atoms with E-state index in [1.807, 2.05) is 0 Å². The Kier molecular flexibility index (Phi) is 10.4. The maximum Gasteiger partial charge on any atom is 0.237 e. The molecular weight excluding hydrogens is 1080 g/mol. The van der Waals surface area contributed by atoms with Crippen LogP contribution < -0.4 is 0 Å². The molecule has 5 heterocycles. The fraction of sp³-hybridized carbons (Fsp3) is 0.0361. The average molecular weight is 1140 g/mol. The lowest BCUT2D eigenvalue weighted by atomic mass is 9.81. The second-order valence-corrected chi connectivity index (χ2v) is 24.5. The van der Waals surface area contributed by atoms with Crippen LogP contribution in [0.2, 0.25) is 0 Å². The number of para-hydroxylation sites is 6. The van der Waals surface area contributed by atoms with Crippen molar-refractivity contribution in [2.24, 2.45) is 0 Å². The van der Waals surface area contributed by atoms with Crippen LogP contribution in [0.15, 0.2) is 291 Å². The van der Waals surface area contributed by atoms with Gasteiger partial charge in [0.05, 0.1) is 49.8 Å².